The van der Waals surface area contributed by atoms with E-state index in [0.29, 0.717) is 18.7 Å². The zero-order valence-electron chi connectivity index (χ0n) is 11.8. The van der Waals surface area contributed by atoms with Gasteiger partial charge in [0.25, 0.3) is 5.92 Å². The highest BCUT2D eigenvalue weighted by Gasteiger charge is 2.43. The normalized spacial score (nSPS) is 22.9. The standard InChI is InChI=1S/C15H19F2N3O/c16-15(17)8-2-4-11(15)9-18-14(21)20-13-7-6-10-3-1-5-12(10)19-13/h6-7,11H,1-5,8-9H2,(H2,18,19,20,21). The van der Waals surface area contributed by atoms with Crippen LogP contribution >= 0.6 is 0 Å². The number of alkyl halides is 2. The first-order valence-corrected chi connectivity index (χ1v) is 7.46. The van der Waals surface area contributed by atoms with E-state index in [0.717, 1.165) is 25.0 Å². The van der Waals surface area contributed by atoms with Gasteiger partial charge >= 0.3 is 6.03 Å². The number of aryl methyl sites for hydroxylation is 2. The van der Waals surface area contributed by atoms with Crippen molar-refractivity contribution < 1.29 is 13.6 Å². The second-order valence-electron chi connectivity index (χ2n) is 5.84. The van der Waals surface area contributed by atoms with E-state index in [-0.39, 0.29) is 13.0 Å². The van der Waals surface area contributed by atoms with Gasteiger partial charge in [0.2, 0.25) is 0 Å². The number of nitrogens with one attached hydrogen (secondary N) is 2. The molecule has 0 aliphatic heterocycles. The van der Waals surface area contributed by atoms with E-state index in [1.54, 1.807) is 6.07 Å². The molecule has 0 radical (unpaired) electrons. The highest BCUT2D eigenvalue weighted by Crippen LogP contribution is 2.39. The van der Waals surface area contributed by atoms with Gasteiger partial charge in [0.1, 0.15) is 5.82 Å². The molecule has 0 aromatic carbocycles. The van der Waals surface area contributed by atoms with E-state index in [1.165, 1.54) is 5.56 Å². The molecule has 0 spiro atoms. The lowest BCUT2D eigenvalue weighted by atomic mass is 10.1. The third kappa shape index (κ3) is 3.14. The highest BCUT2D eigenvalue weighted by molar-refractivity contribution is 5.88. The third-order valence-corrected chi connectivity index (χ3v) is 4.34. The lowest BCUT2D eigenvalue weighted by molar-refractivity contribution is -0.0348. The predicted octanol–water partition coefficient (Wildman–Crippen LogP) is 3.13. The zero-order chi connectivity index (χ0) is 14.9. The van der Waals surface area contributed by atoms with E-state index in [2.05, 4.69) is 15.6 Å². The average Bonchev–Trinajstić information content (AvgIpc) is 3.01. The van der Waals surface area contributed by atoms with Crippen LogP contribution in [-0.4, -0.2) is 23.5 Å². The summed E-state index contributed by atoms with van der Waals surface area (Å²) in [5, 5.41) is 5.14. The molecule has 2 N–H and O–H groups in total. The molecular weight excluding hydrogens is 276 g/mol. The summed E-state index contributed by atoms with van der Waals surface area (Å²) in [6.07, 6.45) is 3.96. The summed E-state index contributed by atoms with van der Waals surface area (Å²) in [6.45, 7) is 0.00374. The van der Waals surface area contributed by atoms with Crippen LogP contribution in [0, 0.1) is 5.92 Å². The van der Waals surface area contributed by atoms with Gasteiger partial charge in [-0.2, -0.15) is 0 Å². The van der Waals surface area contributed by atoms with Crippen LogP contribution in [0.3, 0.4) is 0 Å². The number of urea groups is 1. The number of rotatable bonds is 3. The van der Waals surface area contributed by atoms with Crippen molar-refractivity contribution in [2.45, 2.75) is 44.4 Å². The smallest absolute Gasteiger partial charge is 0.320 e. The first-order valence-electron chi connectivity index (χ1n) is 7.46. The number of hydrogen-bond donors (Lipinski definition) is 2. The summed E-state index contributed by atoms with van der Waals surface area (Å²) in [6, 6.07) is 3.26. The Kier molecular flexibility index (Phi) is 3.78. The molecule has 6 heteroatoms. The monoisotopic (exact) mass is 295 g/mol. The number of amides is 2. The van der Waals surface area contributed by atoms with Crippen LogP contribution < -0.4 is 10.6 Å². The number of halogens is 2. The quantitative estimate of drug-likeness (QED) is 0.900. The van der Waals surface area contributed by atoms with Gasteiger partial charge in [0, 0.05) is 24.6 Å². The molecule has 3 rings (SSSR count). The molecule has 2 aliphatic rings. The Hall–Kier alpha value is -1.72. The van der Waals surface area contributed by atoms with Crippen LogP contribution in [0.2, 0.25) is 0 Å². The minimum absolute atomic E-state index is 0.00374. The molecule has 0 bridgehead atoms. The third-order valence-electron chi connectivity index (χ3n) is 4.34. The second kappa shape index (κ2) is 5.58. The van der Waals surface area contributed by atoms with Gasteiger partial charge in [-0.3, -0.25) is 5.32 Å². The number of carbonyl (C=O) groups is 1. The molecule has 21 heavy (non-hydrogen) atoms. The van der Waals surface area contributed by atoms with Gasteiger partial charge in [0.15, 0.2) is 0 Å². The minimum Gasteiger partial charge on any atom is -0.337 e. The summed E-state index contributed by atoms with van der Waals surface area (Å²) in [5.41, 5.74) is 2.25. The van der Waals surface area contributed by atoms with E-state index >= 15 is 0 Å². The molecule has 0 saturated heterocycles. The molecule has 1 aromatic rings. The van der Waals surface area contributed by atoms with Gasteiger partial charge in [-0.1, -0.05) is 6.07 Å². The SMILES string of the molecule is O=C(NCC1CCCC1(F)F)Nc1ccc2c(n1)CCC2. The molecule has 1 saturated carbocycles. The van der Waals surface area contributed by atoms with Crippen molar-refractivity contribution in [1.82, 2.24) is 10.3 Å². The Labute approximate surface area is 122 Å². The molecule has 2 amide bonds. The fourth-order valence-electron chi connectivity index (χ4n) is 3.12. The zero-order valence-corrected chi connectivity index (χ0v) is 11.8. The molecule has 1 fully saturated rings. The maximum Gasteiger partial charge on any atom is 0.320 e. The molecule has 2 aliphatic carbocycles. The topological polar surface area (TPSA) is 54.0 Å². The number of carbonyl (C=O) groups excluding carboxylic acids is 1. The molecular formula is C15H19F2N3O. The summed E-state index contributed by atoms with van der Waals surface area (Å²) in [5.74, 6) is -2.93. The van der Waals surface area contributed by atoms with Crippen LogP contribution in [0.5, 0.6) is 0 Å². The van der Waals surface area contributed by atoms with Crippen molar-refractivity contribution in [3.05, 3.63) is 23.4 Å². The lowest BCUT2D eigenvalue weighted by Gasteiger charge is -2.19. The van der Waals surface area contributed by atoms with Gasteiger partial charge in [-0.25, -0.2) is 18.6 Å². The van der Waals surface area contributed by atoms with E-state index in [4.69, 9.17) is 0 Å². The van der Waals surface area contributed by atoms with Crippen molar-refractivity contribution >= 4 is 11.8 Å². The highest BCUT2D eigenvalue weighted by atomic mass is 19.3. The van der Waals surface area contributed by atoms with Crippen LogP contribution in [-0.2, 0) is 12.8 Å². The van der Waals surface area contributed by atoms with Crippen molar-refractivity contribution in [3.63, 3.8) is 0 Å². The Morgan fingerprint density at radius 2 is 2.19 bits per heavy atom. The number of nitrogens with zero attached hydrogens (tertiary/aromatic N) is 1. The molecule has 1 unspecified atom stereocenters. The number of aromatic nitrogens is 1. The van der Waals surface area contributed by atoms with Crippen molar-refractivity contribution in [2.24, 2.45) is 5.92 Å². The summed E-state index contributed by atoms with van der Waals surface area (Å²) in [7, 11) is 0. The predicted molar refractivity (Wildman–Crippen MR) is 75.6 cm³/mol. The summed E-state index contributed by atoms with van der Waals surface area (Å²) in [4.78, 5) is 16.2. The maximum absolute atomic E-state index is 13.5. The molecule has 4 nitrogen and oxygen atoms in total. The van der Waals surface area contributed by atoms with Crippen molar-refractivity contribution in [1.29, 1.82) is 0 Å². The number of anilines is 1. The minimum atomic E-state index is -2.65. The maximum atomic E-state index is 13.5. The van der Waals surface area contributed by atoms with Crippen molar-refractivity contribution in [2.75, 3.05) is 11.9 Å². The summed E-state index contributed by atoms with van der Waals surface area (Å²) >= 11 is 0. The molecule has 1 atom stereocenters. The fraction of sp³-hybridized carbons (Fsp3) is 0.600. The Balaban J connectivity index is 1.52. The van der Waals surface area contributed by atoms with Crippen LogP contribution in [0.4, 0.5) is 19.4 Å². The van der Waals surface area contributed by atoms with E-state index < -0.39 is 17.9 Å². The first-order chi connectivity index (χ1) is 10.0. The Morgan fingerprint density at radius 1 is 1.33 bits per heavy atom. The van der Waals surface area contributed by atoms with Crippen molar-refractivity contribution in [3.8, 4) is 0 Å². The Bertz CT molecular complexity index is 548. The fourth-order valence-corrected chi connectivity index (χ4v) is 3.12. The summed E-state index contributed by atoms with van der Waals surface area (Å²) < 4.78 is 26.9. The van der Waals surface area contributed by atoms with Crippen LogP contribution in [0.1, 0.15) is 36.9 Å². The van der Waals surface area contributed by atoms with E-state index in [9.17, 15) is 13.6 Å². The second-order valence-corrected chi connectivity index (χ2v) is 5.84. The largest absolute Gasteiger partial charge is 0.337 e. The van der Waals surface area contributed by atoms with Crippen LogP contribution in [0.25, 0.3) is 0 Å². The average molecular weight is 295 g/mol. The van der Waals surface area contributed by atoms with Gasteiger partial charge < -0.3 is 5.32 Å². The van der Waals surface area contributed by atoms with Gasteiger partial charge in [-0.15, -0.1) is 0 Å². The number of pyridine rings is 1. The van der Waals surface area contributed by atoms with Crippen LogP contribution in [0.15, 0.2) is 12.1 Å². The number of fused-ring (bicyclic) bond motifs is 1. The van der Waals surface area contributed by atoms with Gasteiger partial charge in [-0.05, 0) is 43.7 Å². The lowest BCUT2D eigenvalue weighted by Crippen LogP contribution is -2.37. The Morgan fingerprint density at radius 3 is 2.95 bits per heavy atom. The molecule has 1 heterocycles. The first kappa shape index (κ1) is 14.2. The molecule has 1 aromatic heterocycles. The molecule has 114 valence electrons. The number of hydrogen-bond acceptors (Lipinski definition) is 2. The van der Waals surface area contributed by atoms with E-state index in [1.807, 2.05) is 6.07 Å². The van der Waals surface area contributed by atoms with Gasteiger partial charge in [0.05, 0.1) is 0 Å².